The van der Waals surface area contributed by atoms with Crippen molar-refractivity contribution in [2.24, 2.45) is 0 Å². The number of rotatable bonds is 5. The number of H-pyrrole nitrogens is 1. The van der Waals surface area contributed by atoms with E-state index in [-0.39, 0.29) is 11.9 Å². The van der Waals surface area contributed by atoms with Crippen molar-refractivity contribution in [2.45, 2.75) is 33.7 Å². The van der Waals surface area contributed by atoms with Crippen LogP contribution in [0, 0.1) is 20.8 Å². The van der Waals surface area contributed by atoms with Crippen LogP contribution in [0.15, 0.2) is 48.7 Å². The highest BCUT2D eigenvalue weighted by Gasteiger charge is 2.20. The Bertz CT molecular complexity index is 1240. The topological polar surface area (TPSA) is 71.9 Å². The molecule has 6 heteroatoms. The lowest BCUT2D eigenvalue weighted by molar-refractivity contribution is 0.0935. The molecule has 1 amide bonds. The van der Waals surface area contributed by atoms with Gasteiger partial charge in [-0.15, -0.1) is 0 Å². The van der Waals surface area contributed by atoms with Gasteiger partial charge in [0.2, 0.25) is 0 Å². The summed E-state index contributed by atoms with van der Waals surface area (Å²) >= 11 is 0. The van der Waals surface area contributed by atoms with Gasteiger partial charge in [0.15, 0.2) is 0 Å². The molecule has 2 N–H and O–H groups in total. The van der Waals surface area contributed by atoms with Crippen LogP contribution >= 0.6 is 0 Å². The molecule has 2 heterocycles. The van der Waals surface area contributed by atoms with E-state index >= 15 is 0 Å². The number of aryl methyl sites for hydroxylation is 2. The fourth-order valence-corrected chi connectivity index (χ4v) is 3.90. The maximum Gasteiger partial charge on any atom is 0.268 e. The van der Waals surface area contributed by atoms with Gasteiger partial charge >= 0.3 is 0 Å². The molecule has 0 spiro atoms. The molecule has 2 aromatic heterocycles. The molecule has 4 aromatic rings. The van der Waals surface area contributed by atoms with Gasteiger partial charge in [-0.1, -0.05) is 18.2 Å². The lowest BCUT2D eigenvalue weighted by Crippen LogP contribution is -2.27. The molecule has 0 bridgehead atoms. The minimum atomic E-state index is -0.185. The molecule has 154 valence electrons. The Hall–Kier alpha value is -3.54. The van der Waals surface area contributed by atoms with Gasteiger partial charge in [0.25, 0.3) is 5.91 Å². The SMILES string of the molecule is COc1ccc2[nH]c(C(=O)NC(C)c3cnn(-c4ccccc4C)c3C)c(C)c2c1. The molecular formula is C24H26N4O2. The van der Waals surface area contributed by atoms with Gasteiger partial charge in [-0.3, -0.25) is 4.79 Å². The number of fused-ring (bicyclic) bond motifs is 1. The zero-order valence-electron chi connectivity index (χ0n) is 17.9. The molecule has 4 rings (SSSR count). The van der Waals surface area contributed by atoms with Crippen LogP contribution in [0.5, 0.6) is 5.75 Å². The number of para-hydroxylation sites is 1. The van der Waals surface area contributed by atoms with E-state index in [1.54, 1.807) is 7.11 Å². The fourth-order valence-electron chi connectivity index (χ4n) is 3.90. The van der Waals surface area contributed by atoms with Crippen LogP contribution in [0.4, 0.5) is 0 Å². The highest BCUT2D eigenvalue weighted by atomic mass is 16.5. The van der Waals surface area contributed by atoms with Crippen molar-refractivity contribution < 1.29 is 9.53 Å². The standard InChI is InChI=1S/C24H26N4O2/c1-14-8-6-7-9-22(14)28-17(4)20(13-25-28)16(3)26-24(29)23-15(2)19-12-18(30-5)10-11-21(19)27-23/h6-13,16,27H,1-5H3,(H,26,29). The lowest BCUT2D eigenvalue weighted by atomic mass is 10.1. The molecule has 1 unspecified atom stereocenters. The molecule has 2 aromatic carbocycles. The van der Waals surface area contributed by atoms with Crippen molar-refractivity contribution in [2.75, 3.05) is 7.11 Å². The van der Waals surface area contributed by atoms with Crippen molar-refractivity contribution >= 4 is 16.8 Å². The van der Waals surface area contributed by atoms with Crippen LogP contribution in [0.2, 0.25) is 0 Å². The molecule has 1 atom stereocenters. The zero-order valence-corrected chi connectivity index (χ0v) is 17.9. The minimum absolute atomic E-state index is 0.141. The van der Waals surface area contributed by atoms with Gasteiger partial charge in [-0.25, -0.2) is 4.68 Å². The minimum Gasteiger partial charge on any atom is -0.497 e. The summed E-state index contributed by atoms with van der Waals surface area (Å²) in [5.41, 5.74) is 6.57. The second-order valence-electron chi connectivity index (χ2n) is 7.62. The predicted octanol–water partition coefficient (Wildman–Crippen LogP) is 4.78. The summed E-state index contributed by atoms with van der Waals surface area (Å²) in [5.74, 6) is 0.627. The van der Waals surface area contributed by atoms with Crippen LogP contribution in [0.1, 0.15) is 45.8 Å². The maximum atomic E-state index is 13.0. The number of hydrogen-bond acceptors (Lipinski definition) is 3. The molecule has 30 heavy (non-hydrogen) atoms. The Morgan fingerprint density at radius 3 is 2.67 bits per heavy atom. The van der Waals surface area contributed by atoms with Crippen LogP contribution < -0.4 is 10.1 Å². The van der Waals surface area contributed by atoms with E-state index in [0.29, 0.717) is 5.69 Å². The second kappa shape index (κ2) is 7.71. The van der Waals surface area contributed by atoms with Crippen LogP contribution in [-0.4, -0.2) is 27.8 Å². The van der Waals surface area contributed by atoms with E-state index in [4.69, 9.17) is 4.74 Å². The van der Waals surface area contributed by atoms with Gasteiger partial charge in [0.1, 0.15) is 11.4 Å². The van der Waals surface area contributed by atoms with Crippen LogP contribution in [0.3, 0.4) is 0 Å². The first-order valence-electron chi connectivity index (χ1n) is 9.98. The van der Waals surface area contributed by atoms with E-state index in [0.717, 1.165) is 44.7 Å². The van der Waals surface area contributed by atoms with E-state index in [1.807, 2.05) is 68.0 Å². The summed E-state index contributed by atoms with van der Waals surface area (Å²) in [5, 5.41) is 8.65. The molecule has 0 fully saturated rings. The maximum absolute atomic E-state index is 13.0. The molecule has 0 aliphatic heterocycles. The highest BCUT2D eigenvalue weighted by Crippen LogP contribution is 2.27. The Morgan fingerprint density at radius 1 is 1.17 bits per heavy atom. The number of nitrogens with zero attached hydrogens (tertiary/aromatic N) is 2. The Kier molecular flexibility index (Phi) is 5.08. The number of nitrogens with one attached hydrogen (secondary N) is 2. The molecule has 0 aliphatic rings. The third-order valence-electron chi connectivity index (χ3n) is 5.70. The molecule has 0 saturated carbocycles. The first-order chi connectivity index (χ1) is 14.4. The van der Waals surface area contributed by atoms with Crippen molar-refractivity contribution in [1.29, 1.82) is 0 Å². The van der Waals surface area contributed by atoms with Gasteiger partial charge in [-0.2, -0.15) is 5.10 Å². The first-order valence-corrected chi connectivity index (χ1v) is 9.98. The number of aromatic nitrogens is 3. The van der Waals surface area contributed by atoms with Crippen molar-refractivity contribution in [3.05, 3.63) is 76.7 Å². The van der Waals surface area contributed by atoms with Crippen molar-refractivity contribution in [3.63, 3.8) is 0 Å². The lowest BCUT2D eigenvalue weighted by Gasteiger charge is -2.14. The Morgan fingerprint density at radius 2 is 1.93 bits per heavy atom. The number of ether oxygens (including phenoxy) is 1. The number of methoxy groups -OCH3 is 1. The third kappa shape index (κ3) is 3.34. The van der Waals surface area contributed by atoms with Crippen molar-refractivity contribution in [1.82, 2.24) is 20.1 Å². The van der Waals surface area contributed by atoms with E-state index in [1.165, 1.54) is 0 Å². The number of amides is 1. The van der Waals surface area contributed by atoms with E-state index in [2.05, 4.69) is 28.4 Å². The summed E-state index contributed by atoms with van der Waals surface area (Å²) in [7, 11) is 1.64. The number of carbonyl (C=O) groups excluding carboxylic acids is 1. The highest BCUT2D eigenvalue weighted by molar-refractivity contribution is 6.01. The molecule has 6 nitrogen and oxygen atoms in total. The van der Waals surface area contributed by atoms with Gasteiger partial charge < -0.3 is 15.0 Å². The van der Waals surface area contributed by atoms with Gasteiger partial charge in [-0.05, 0) is 63.1 Å². The number of benzene rings is 2. The predicted molar refractivity (Wildman–Crippen MR) is 119 cm³/mol. The summed E-state index contributed by atoms with van der Waals surface area (Å²) < 4.78 is 7.23. The van der Waals surface area contributed by atoms with E-state index in [9.17, 15) is 4.79 Å². The van der Waals surface area contributed by atoms with Crippen LogP contribution in [-0.2, 0) is 0 Å². The molecule has 0 radical (unpaired) electrons. The quantitative estimate of drug-likeness (QED) is 0.505. The van der Waals surface area contributed by atoms with Crippen molar-refractivity contribution in [3.8, 4) is 11.4 Å². The van der Waals surface area contributed by atoms with Gasteiger partial charge in [0.05, 0.1) is 25.0 Å². The van der Waals surface area contributed by atoms with Crippen LogP contribution in [0.25, 0.3) is 16.6 Å². The molecule has 0 saturated heterocycles. The fraction of sp³-hybridized carbons (Fsp3) is 0.250. The second-order valence-corrected chi connectivity index (χ2v) is 7.62. The molecule has 0 aliphatic carbocycles. The monoisotopic (exact) mass is 402 g/mol. The average molecular weight is 402 g/mol. The number of aromatic amines is 1. The summed E-state index contributed by atoms with van der Waals surface area (Å²) in [6, 6.07) is 13.7. The number of carbonyl (C=O) groups is 1. The number of hydrogen-bond donors (Lipinski definition) is 2. The molecular weight excluding hydrogens is 376 g/mol. The van der Waals surface area contributed by atoms with Gasteiger partial charge in [0, 0.05) is 22.2 Å². The largest absolute Gasteiger partial charge is 0.497 e. The zero-order chi connectivity index (χ0) is 21.4. The Balaban J connectivity index is 1.60. The Labute approximate surface area is 175 Å². The average Bonchev–Trinajstić information content (AvgIpc) is 3.28. The smallest absolute Gasteiger partial charge is 0.268 e. The third-order valence-corrected chi connectivity index (χ3v) is 5.70. The summed E-state index contributed by atoms with van der Waals surface area (Å²) in [4.78, 5) is 16.3. The van der Waals surface area contributed by atoms with E-state index < -0.39 is 0 Å². The first kappa shape index (κ1) is 19.8. The summed E-state index contributed by atoms with van der Waals surface area (Å²) in [6.45, 7) is 8.01. The normalized spacial score (nSPS) is 12.2. The summed E-state index contributed by atoms with van der Waals surface area (Å²) in [6.07, 6.45) is 1.83.